The minimum atomic E-state index is -0.542. The van der Waals surface area contributed by atoms with E-state index >= 15 is 0 Å². The third kappa shape index (κ3) is 3.97. The summed E-state index contributed by atoms with van der Waals surface area (Å²) in [7, 11) is 0. The quantitative estimate of drug-likeness (QED) is 0.762. The fraction of sp³-hybridized carbons (Fsp3) is 0.615. The second-order valence-electron chi connectivity index (χ2n) is 4.99. The first-order valence-corrected chi connectivity index (χ1v) is 6.76. The predicted octanol–water partition coefficient (Wildman–Crippen LogP) is -0.0831. The number of nitrogen functional groups attached to an aromatic ring is 1. The van der Waals surface area contributed by atoms with Crippen LogP contribution in [0.5, 0.6) is 0 Å². The third-order valence-electron chi connectivity index (χ3n) is 2.74. The lowest BCUT2D eigenvalue weighted by molar-refractivity contribution is -0.121. The summed E-state index contributed by atoms with van der Waals surface area (Å²) in [5.41, 5.74) is 4.66. The molecule has 0 aliphatic carbocycles. The number of rotatable bonds is 6. The molecule has 0 aromatic carbocycles. The molecule has 7 nitrogen and oxygen atoms in total. The van der Waals surface area contributed by atoms with Crippen molar-refractivity contribution in [2.24, 2.45) is 0 Å². The van der Waals surface area contributed by atoms with Gasteiger partial charge in [-0.2, -0.15) is 0 Å². The molecule has 0 aliphatic rings. The van der Waals surface area contributed by atoms with Crippen LogP contribution in [-0.4, -0.2) is 21.1 Å². The Kier molecular flexibility index (Phi) is 5.54. The predicted molar refractivity (Wildman–Crippen MR) is 77.6 cm³/mol. The summed E-state index contributed by atoms with van der Waals surface area (Å²) in [6.45, 7) is 6.14. The first-order valence-electron chi connectivity index (χ1n) is 6.76. The van der Waals surface area contributed by atoms with Crippen LogP contribution < -0.4 is 22.3 Å². The SMILES string of the molecule is CCCn1cc(N)c(=O)n(CCC(=O)NC(C)C)c1=O. The Bertz CT molecular complexity index is 586. The minimum absolute atomic E-state index is 0.0160. The lowest BCUT2D eigenvalue weighted by Crippen LogP contribution is -2.42. The molecule has 0 radical (unpaired) electrons. The number of aromatic nitrogens is 2. The van der Waals surface area contributed by atoms with E-state index in [4.69, 9.17) is 5.73 Å². The van der Waals surface area contributed by atoms with Crippen LogP contribution in [0, 0.1) is 0 Å². The van der Waals surface area contributed by atoms with Crippen LogP contribution >= 0.6 is 0 Å². The summed E-state index contributed by atoms with van der Waals surface area (Å²) < 4.78 is 2.42. The van der Waals surface area contributed by atoms with Gasteiger partial charge >= 0.3 is 5.69 Å². The Morgan fingerprint density at radius 2 is 2.00 bits per heavy atom. The molecule has 20 heavy (non-hydrogen) atoms. The second-order valence-corrected chi connectivity index (χ2v) is 4.99. The zero-order valence-corrected chi connectivity index (χ0v) is 12.2. The Labute approximate surface area is 117 Å². The number of anilines is 1. The zero-order chi connectivity index (χ0) is 15.3. The first kappa shape index (κ1) is 16.0. The van der Waals surface area contributed by atoms with E-state index < -0.39 is 11.2 Å². The summed E-state index contributed by atoms with van der Waals surface area (Å²) in [6.07, 6.45) is 2.19. The van der Waals surface area contributed by atoms with E-state index in [1.165, 1.54) is 10.8 Å². The van der Waals surface area contributed by atoms with E-state index in [-0.39, 0.29) is 30.6 Å². The van der Waals surface area contributed by atoms with Gasteiger partial charge in [0.15, 0.2) is 0 Å². The number of hydrogen-bond acceptors (Lipinski definition) is 4. The van der Waals surface area contributed by atoms with Crippen LogP contribution in [0.15, 0.2) is 15.8 Å². The highest BCUT2D eigenvalue weighted by Crippen LogP contribution is 1.94. The van der Waals surface area contributed by atoms with Crippen molar-refractivity contribution in [1.82, 2.24) is 14.5 Å². The number of nitrogens with zero attached hydrogens (tertiary/aromatic N) is 2. The third-order valence-corrected chi connectivity index (χ3v) is 2.74. The molecule has 0 unspecified atom stereocenters. The lowest BCUT2D eigenvalue weighted by atomic mass is 10.3. The van der Waals surface area contributed by atoms with Crippen LogP contribution in [0.1, 0.15) is 33.6 Å². The summed E-state index contributed by atoms with van der Waals surface area (Å²) in [4.78, 5) is 35.6. The molecular formula is C13H22N4O3. The van der Waals surface area contributed by atoms with Crippen molar-refractivity contribution in [2.75, 3.05) is 5.73 Å². The van der Waals surface area contributed by atoms with Gasteiger partial charge in [0.2, 0.25) is 5.91 Å². The summed E-state index contributed by atoms with van der Waals surface area (Å²) in [5.74, 6) is -0.198. The molecule has 0 saturated heterocycles. The van der Waals surface area contributed by atoms with Crippen LogP contribution in [0.25, 0.3) is 0 Å². The van der Waals surface area contributed by atoms with Crippen LogP contribution in [0.3, 0.4) is 0 Å². The molecule has 7 heteroatoms. The van der Waals surface area contributed by atoms with Crippen molar-refractivity contribution in [3.8, 4) is 0 Å². The van der Waals surface area contributed by atoms with E-state index in [0.29, 0.717) is 6.54 Å². The molecule has 3 N–H and O–H groups in total. The van der Waals surface area contributed by atoms with Crippen LogP contribution in [-0.2, 0) is 17.9 Å². The smallest absolute Gasteiger partial charge is 0.331 e. The molecule has 0 bridgehead atoms. The van der Waals surface area contributed by atoms with Gasteiger partial charge in [-0.3, -0.25) is 18.7 Å². The molecule has 1 amide bonds. The maximum Gasteiger partial charge on any atom is 0.331 e. The van der Waals surface area contributed by atoms with Gasteiger partial charge in [0.25, 0.3) is 5.56 Å². The normalized spacial score (nSPS) is 10.8. The van der Waals surface area contributed by atoms with Gasteiger partial charge in [-0.1, -0.05) is 6.92 Å². The standard InChI is InChI=1S/C13H22N4O3/c1-4-6-16-8-10(14)12(19)17(13(16)20)7-5-11(18)15-9(2)3/h8-9H,4-7,14H2,1-3H3,(H,15,18). The van der Waals surface area contributed by atoms with Gasteiger partial charge in [-0.25, -0.2) is 4.79 Å². The monoisotopic (exact) mass is 282 g/mol. The summed E-state index contributed by atoms with van der Waals surface area (Å²) >= 11 is 0. The topological polar surface area (TPSA) is 99.1 Å². The molecule has 0 atom stereocenters. The van der Waals surface area contributed by atoms with E-state index in [2.05, 4.69) is 5.32 Å². The molecular weight excluding hydrogens is 260 g/mol. The first-order chi connectivity index (χ1) is 9.36. The van der Waals surface area contributed by atoms with Crippen LogP contribution in [0.2, 0.25) is 0 Å². The van der Waals surface area contributed by atoms with Crippen molar-refractivity contribution in [1.29, 1.82) is 0 Å². The number of carbonyl (C=O) groups is 1. The van der Waals surface area contributed by atoms with E-state index in [0.717, 1.165) is 11.0 Å². The molecule has 1 heterocycles. The second kappa shape index (κ2) is 6.93. The average Bonchev–Trinajstić information content (AvgIpc) is 2.35. The highest BCUT2D eigenvalue weighted by Gasteiger charge is 2.11. The number of nitrogens with one attached hydrogen (secondary N) is 1. The maximum absolute atomic E-state index is 12.1. The highest BCUT2D eigenvalue weighted by atomic mass is 16.2. The number of nitrogens with two attached hydrogens (primary N) is 1. The molecule has 112 valence electrons. The van der Waals surface area contributed by atoms with Gasteiger partial charge in [0.05, 0.1) is 0 Å². The fourth-order valence-electron chi connectivity index (χ4n) is 1.88. The number of carbonyl (C=O) groups excluding carboxylic acids is 1. The van der Waals surface area contributed by atoms with Crippen molar-refractivity contribution < 1.29 is 4.79 Å². The number of aryl methyl sites for hydroxylation is 1. The molecule has 1 aromatic rings. The Balaban J connectivity index is 2.97. The maximum atomic E-state index is 12.1. The summed E-state index contributed by atoms with van der Waals surface area (Å²) in [5, 5.41) is 2.71. The van der Waals surface area contributed by atoms with Crippen LogP contribution in [0.4, 0.5) is 5.69 Å². The van der Waals surface area contributed by atoms with E-state index in [1.807, 2.05) is 20.8 Å². The average molecular weight is 282 g/mol. The number of amides is 1. The minimum Gasteiger partial charge on any atom is -0.393 e. The molecule has 1 aromatic heterocycles. The Hall–Kier alpha value is -2.05. The van der Waals surface area contributed by atoms with Crippen molar-refractivity contribution in [3.05, 3.63) is 27.0 Å². The van der Waals surface area contributed by atoms with E-state index in [1.54, 1.807) is 0 Å². The van der Waals surface area contributed by atoms with Crippen molar-refractivity contribution >= 4 is 11.6 Å². The van der Waals surface area contributed by atoms with Gasteiger partial charge in [0, 0.05) is 31.7 Å². The molecule has 1 rings (SSSR count). The molecule has 0 saturated carbocycles. The molecule has 0 fully saturated rings. The largest absolute Gasteiger partial charge is 0.393 e. The van der Waals surface area contributed by atoms with Crippen molar-refractivity contribution in [2.45, 2.75) is 52.7 Å². The Morgan fingerprint density at radius 1 is 1.35 bits per heavy atom. The fourth-order valence-corrected chi connectivity index (χ4v) is 1.88. The molecule has 0 spiro atoms. The van der Waals surface area contributed by atoms with Gasteiger partial charge in [-0.15, -0.1) is 0 Å². The van der Waals surface area contributed by atoms with Crippen molar-refractivity contribution in [3.63, 3.8) is 0 Å². The zero-order valence-electron chi connectivity index (χ0n) is 12.2. The lowest BCUT2D eigenvalue weighted by Gasteiger charge is -2.12. The van der Waals surface area contributed by atoms with Gasteiger partial charge in [-0.05, 0) is 20.3 Å². The summed E-state index contributed by atoms with van der Waals surface area (Å²) in [6, 6.07) is 0.0248. The number of hydrogen-bond donors (Lipinski definition) is 2. The highest BCUT2D eigenvalue weighted by molar-refractivity contribution is 5.76. The Morgan fingerprint density at radius 3 is 2.55 bits per heavy atom. The molecule has 0 aliphatic heterocycles. The van der Waals surface area contributed by atoms with Gasteiger partial charge in [0.1, 0.15) is 5.69 Å². The van der Waals surface area contributed by atoms with E-state index in [9.17, 15) is 14.4 Å². The van der Waals surface area contributed by atoms with Gasteiger partial charge < -0.3 is 11.1 Å².